The number of nitrogens with one attached hydrogen (secondary N) is 1. The van der Waals surface area contributed by atoms with Crippen molar-refractivity contribution in [3.05, 3.63) is 63.6 Å². The van der Waals surface area contributed by atoms with Gasteiger partial charge in [-0.15, -0.1) is 0 Å². The molecule has 10 heteroatoms. The number of amides is 2. The Morgan fingerprint density at radius 2 is 1.90 bits per heavy atom. The van der Waals surface area contributed by atoms with Gasteiger partial charge in [0, 0.05) is 25.8 Å². The highest BCUT2D eigenvalue weighted by Crippen LogP contribution is 2.21. The fourth-order valence-electron chi connectivity index (χ4n) is 3.41. The fraction of sp³-hybridized carbons (Fsp3) is 0.381. The van der Waals surface area contributed by atoms with E-state index in [4.69, 9.17) is 10.5 Å². The number of fused-ring (bicyclic) bond motifs is 1. The molecule has 5 N–H and O–H groups in total. The predicted octanol–water partition coefficient (Wildman–Crippen LogP) is -0.344. The Balaban J connectivity index is 2.15. The van der Waals surface area contributed by atoms with E-state index in [0.717, 1.165) is 11.8 Å². The average Bonchev–Trinajstić information content (AvgIpc) is 2.72. The smallest absolute Gasteiger partial charge is 0.276 e. The highest BCUT2D eigenvalue weighted by Gasteiger charge is 2.31. The molecule has 2 heterocycles. The van der Waals surface area contributed by atoms with Gasteiger partial charge in [0.2, 0.25) is 5.43 Å². The maximum absolute atomic E-state index is 13.2. The van der Waals surface area contributed by atoms with Crippen molar-refractivity contribution in [2.75, 3.05) is 19.0 Å². The lowest BCUT2D eigenvalue weighted by atomic mass is 10.0. The van der Waals surface area contributed by atoms with E-state index in [1.807, 2.05) is 6.07 Å². The molecule has 0 radical (unpaired) electrons. The van der Waals surface area contributed by atoms with Crippen LogP contribution in [-0.2, 0) is 6.61 Å². The molecule has 3 rings (SSSR count). The van der Waals surface area contributed by atoms with Crippen molar-refractivity contribution in [2.24, 2.45) is 5.73 Å². The van der Waals surface area contributed by atoms with Crippen LogP contribution in [0, 0.1) is 0 Å². The van der Waals surface area contributed by atoms with Gasteiger partial charge >= 0.3 is 0 Å². The molecule has 166 valence electrons. The second-order valence-corrected chi connectivity index (χ2v) is 7.64. The summed E-state index contributed by atoms with van der Waals surface area (Å²) < 4.78 is 6.97. The zero-order valence-electron chi connectivity index (χ0n) is 17.3. The van der Waals surface area contributed by atoms with Crippen LogP contribution in [0.15, 0.2) is 41.3 Å². The van der Waals surface area contributed by atoms with E-state index in [1.165, 1.54) is 16.6 Å². The SMILES string of the molecule is C[C@@H]1C[C@H](O)[C@H](O)CN(C)C(=O)c2c(OCc3ccccc3)c(=O)c(C(N)=O)cn2N1. The minimum absolute atomic E-state index is 0.0147. The van der Waals surface area contributed by atoms with Crippen LogP contribution in [0.1, 0.15) is 39.8 Å². The summed E-state index contributed by atoms with van der Waals surface area (Å²) in [6.07, 6.45) is -0.943. The van der Waals surface area contributed by atoms with Crippen LogP contribution in [-0.4, -0.2) is 63.4 Å². The highest BCUT2D eigenvalue weighted by atomic mass is 16.5. The van der Waals surface area contributed by atoms with E-state index < -0.39 is 35.5 Å². The first-order valence-corrected chi connectivity index (χ1v) is 9.83. The van der Waals surface area contributed by atoms with Crippen molar-refractivity contribution in [2.45, 2.75) is 38.2 Å². The number of aliphatic hydroxyl groups is 2. The molecule has 0 bridgehead atoms. The zero-order valence-corrected chi connectivity index (χ0v) is 17.3. The summed E-state index contributed by atoms with van der Waals surface area (Å²) in [7, 11) is 1.43. The number of hydrogen-bond donors (Lipinski definition) is 4. The summed E-state index contributed by atoms with van der Waals surface area (Å²) >= 11 is 0. The molecule has 0 saturated carbocycles. The Labute approximate surface area is 178 Å². The molecule has 0 fully saturated rings. The number of likely N-dealkylation sites (N-methyl/N-ethyl adjacent to an activating group) is 1. The summed E-state index contributed by atoms with van der Waals surface area (Å²) in [6, 6.07) is 8.60. The van der Waals surface area contributed by atoms with Crippen molar-refractivity contribution < 1.29 is 24.5 Å². The van der Waals surface area contributed by atoms with Crippen LogP contribution in [0.25, 0.3) is 0 Å². The second kappa shape index (κ2) is 9.19. The summed E-state index contributed by atoms with van der Waals surface area (Å²) in [5, 5.41) is 20.4. The van der Waals surface area contributed by atoms with Crippen molar-refractivity contribution in [3.8, 4) is 5.75 Å². The molecule has 1 aliphatic rings. The number of aromatic nitrogens is 1. The van der Waals surface area contributed by atoms with Gasteiger partial charge in [0.1, 0.15) is 12.2 Å². The van der Waals surface area contributed by atoms with Gasteiger partial charge in [0.15, 0.2) is 11.4 Å². The summed E-state index contributed by atoms with van der Waals surface area (Å²) in [6.45, 7) is 1.55. The third-order valence-corrected chi connectivity index (χ3v) is 5.07. The van der Waals surface area contributed by atoms with Gasteiger partial charge in [-0.25, -0.2) is 0 Å². The number of pyridine rings is 1. The minimum atomic E-state index is -1.17. The van der Waals surface area contributed by atoms with Crippen molar-refractivity contribution in [1.29, 1.82) is 0 Å². The number of carbonyl (C=O) groups is 2. The molecule has 0 unspecified atom stereocenters. The summed E-state index contributed by atoms with van der Waals surface area (Å²) in [4.78, 5) is 39.3. The van der Waals surface area contributed by atoms with Crippen molar-refractivity contribution in [1.82, 2.24) is 9.58 Å². The molecule has 0 spiro atoms. The van der Waals surface area contributed by atoms with Gasteiger partial charge < -0.3 is 31.0 Å². The van der Waals surface area contributed by atoms with E-state index in [0.29, 0.717) is 0 Å². The standard InChI is InChI=1S/C21H26N4O6/c1-12-8-15(26)16(27)10-24(2)21(30)17-19(31-11-13-6-4-3-5-7-13)18(28)14(20(22)29)9-25(17)23-12/h3-7,9,12,15-16,23,26-27H,8,10-11H2,1-2H3,(H2,22,29)/t12-,15+,16-/m1/s1. The molecule has 0 aliphatic carbocycles. The number of primary amides is 1. The van der Waals surface area contributed by atoms with Gasteiger partial charge in [-0.05, 0) is 18.9 Å². The molecule has 1 aromatic carbocycles. The minimum Gasteiger partial charge on any atom is -0.482 e. The summed E-state index contributed by atoms with van der Waals surface area (Å²) in [5.74, 6) is -1.93. The Hall–Kier alpha value is -3.37. The number of rotatable bonds is 4. The quantitative estimate of drug-likeness (QED) is 0.519. The lowest BCUT2D eigenvalue weighted by Gasteiger charge is -2.31. The third-order valence-electron chi connectivity index (χ3n) is 5.07. The van der Waals surface area contributed by atoms with Gasteiger partial charge in [-0.1, -0.05) is 30.3 Å². The lowest BCUT2D eigenvalue weighted by molar-refractivity contribution is -0.00403. The first-order chi connectivity index (χ1) is 14.7. The predicted molar refractivity (Wildman–Crippen MR) is 112 cm³/mol. The maximum Gasteiger partial charge on any atom is 0.276 e. The van der Waals surface area contributed by atoms with Crippen LogP contribution in [0.4, 0.5) is 0 Å². The lowest BCUT2D eigenvalue weighted by Crippen LogP contribution is -2.46. The van der Waals surface area contributed by atoms with Crippen LogP contribution in [0.3, 0.4) is 0 Å². The van der Waals surface area contributed by atoms with Crippen LogP contribution < -0.4 is 21.3 Å². The van der Waals surface area contributed by atoms with Crippen LogP contribution >= 0.6 is 0 Å². The molecule has 1 aromatic heterocycles. The number of hydrogen-bond acceptors (Lipinski definition) is 7. The van der Waals surface area contributed by atoms with E-state index in [2.05, 4.69) is 5.43 Å². The monoisotopic (exact) mass is 430 g/mol. The molecule has 10 nitrogen and oxygen atoms in total. The Kier molecular flexibility index (Phi) is 6.62. The molecule has 3 atom stereocenters. The van der Waals surface area contributed by atoms with E-state index >= 15 is 0 Å². The maximum atomic E-state index is 13.2. The summed E-state index contributed by atoms with van der Waals surface area (Å²) in [5.41, 5.74) is 7.82. The second-order valence-electron chi connectivity index (χ2n) is 7.64. The number of carbonyl (C=O) groups excluding carboxylic acids is 2. The number of nitrogens with two attached hydrogens (primary N) is 1. The normalized spacial score (nSPS) is 21.7. The van der Waals surface area contributed by atoms with Crippen molar-refractivity contribution >= 4 is 11.8 Å². The van der Waals surface area contributed by atoms with Crippen LogP contribution in [0.2, 0.25) is 0 Å². The molecule has 1 aliphatic heterocycles. The van der Waals surface area contributed by atoms with E-state index in [-0.39, 0.29) is 36.6 Å². The number of aliphatic hydroxyl groups excluding tert-OH is 2. The van der Waals surface area contributed by atoms with Gasteiger partial charge in [0.05, 0.1) is 12.2 Å². The molecular weight excluding hydrogens is 404 g/mol. The van der Waals surface area contributed by atoms with Gasteiger partial charge in [0.25, 0.3) is 11.8 Å². The molecule has 31 heavy (non-hydrogen) atoms. The molecule has 2 amide bonds. The largest absolute Gasteiger partial charge is 0.482 e. The van der Waals surface area contributed by atoms with Gasteiger partial charge in [-0.2, -0.15) is 0 Å². The zero-order chi connectivity index (χ0) is 22.7. The number of nitrogens with zero attached hydrogens (tertiary/aromatic N) is 2. The van der Waals surface area contributed by atoms with E-state index in [9.17, 15) is 24.6 Å². The molecular formula is C21H26N4O6. The van der Waals surface area contributed by atoms with Crippen molar-refractivity contribution in [3.63, 3.8) is 0 Å². The third kappa shape index (κ3) is 4.86. The first kappa shape index (κ1) is 22.3. The Morgan fingerprint density at radius 1 is 1.23 bits per heavy atom. The highest BCUT2D eigenvalue weighted by molar-refractivity contribution is 5.98. The fourth-order valence-corrected chi connectivity index (χ4v) is 3.41. The number of benzene rings is 1. The molecule has 0 saturated heterocycles. The van der Waals surface area contributed by atoms with E-state index in [1.54, 1.807) is 31.2 Å². The van der Waals surface area contributed by atoms with Gasteiger partial charge in [-0.3, -0.25) is 19.1 Å². The topological polar surface area (TPSA) is 147 Å². The average molecular weight is 430 g/mol. The molecule has 2 aromatic rings. The number of ether oxygens (including phenoxy) is 1. The Bertz CT molecular complexity index is 1020. The Morgan fingerprint density at radius 3 is 2.55 bits per heavy atom. The first-order valence-electron chi connectivity index (χ1n) is 9.83. The number of β-amino-alcohol motifs (C(OH)–C–C–N with tert-alkyl or cyclic N) is 1. The van der Waals surface area contributed by atoms with Crippen LogP contribution in [0.5, 0.6) is 5.75 Å².